The Labute approximate surface area is 298 Å². The third-order valence-corrected chi connectivity index (χ3v) is 10.6. The summed E-state index contributed by atoms with van der Waals surface area (Å²) >= 11 is 0. The lowest BCUT2D eigenvalue weighted by molar-refractivity contribution is 0.436. The predicted octanol–water partition coefficient (Wildman–Crippen LogP) is 13.0. The molecule has 0 saturated heterocycles. The van der Waals surface area contributed by atoms with Crippen molar-refractivity contribution in [2.45, 2.75) is 5.41 Å². The van der Waals surface area contributed by atoms with Gasteiger partial charge in [-0.2, -0.15) is 0 Å². The molecule has 51 heavy (non-hydrogen) atoms. The van der Waals surface area contributed by atoms with E-state index in [4.69, 9.17) is 4.74 Å². The molecule has 0 saturated carbocycles. The van der Waals surface area contributed by atoms with Crippen LogP contribution >= 0.6 is 0 Å². The van der Waals surface area contributed by atoms with Gasteiger partial charge in [0.25, 0.3) is 0 Å². The molecule has 8 aromatic carbocycles. The number of rotatable bonds is 5. The summed E-state index contributed by atoms with van der Waals surface area (Å²) in [5, 5.41) is 0. The molecule has 0 amide bonds. The zero-order valence-electron chi connectivity index (χ0n) is 27.9. The SMILES string of the molecule is c1ccc(-c2ccc(-c3ccccc3N(c3ccccc3)c3cccc4c3-c3ccccc3C43c4ccccc4Oc4ccccc43)cc2)cc1. The molecule has 8 aromatic rings. The highest BCUT2D eigenvalue weighted by Gasteiger charge is 2.51. The summed E-state index contributed by atoms with van der Waals surface area (Å²) in [6.45, 7) is 0. The number of hydrogen-bond acceptors (Lipinski definition) is 2. The molecule has 0 aromatic heterocycles. The van der Waals surface area contributed by atoms with E-state index in [1.165, 1.54) is 44.5 Å². The molecule has 0 fully saturated rings. The highest BCUT2D eigenvalue weighted by Crippen LogP contribution is 2.64. The zero-order chi connectivity index (χ0) is 33.8. The van der Waals surface area contributed by atoms with E-state index in [1.54, 1.807) is 0 Å². The largest absolute Gasteiger partial charge is 0.457 e. The molecule has 1 aliphatic heterocycles. The van der Waals surface area contributed by atoms with E-state index in [2.05, 4.69) is 205 Å². The first-order valence-corrected chi connectivity index (χ1v) is 17.5. The van der Waals surface area contributed by atoms with E-state index < -0.39 is 5.41 Å². The Morgan fingerprint density at radius 3 is 1.53 bits per heavy atom. The number of benzene rings is 8. The Balaban J connectivity index is 1.23. The molecule has 0 atom stereocenters. The first kappa shape index (κ1) is 29.3. The first-order valence-electron chi connectivity index (χ1n) is 17.5. The molecule has 1 spiro atoms. The van der Waals surface area contributed by atoms with Crippen LogP contribution in [0.4, 0.5) is 17.1 Å². The topological polar surface area (TPSA) is 12.5 Å². The van der Waals surface area contributed by atoms with Gasteiger partial charge in [0.2, 0.25) is 0 Å². The monoisotopic (exact) mass is 651 g/mol. The first-order chi connectivity index (χ1) is 25.3. The van der Waals surface area contributed by atoms with Gasteiger partial charge in [-0.1, -0.05) is 164 Å². The highest BCUT2D eigenvalue weighted by molar-refractivity contribution is 6.00. The number of nitrogens with zero attached hydrogens (tertiary/aromatic N) is 1. The van der Waals surface area contributed by atoms with E-state index in [9.17, 15) is 0 Å². The van der Waals surface area contributed by atoms with Crippen LogP contribution in [0.3, 0.4) is 0 Å². The number of ether oxygens (including phenoxy) is 1. The average Bonchev–Trinajstić information content (AvgIpc) is 3.50. The van der Waals surface area contributed by atoms with Crippen molar-refractivity contribution in [1.29, 1.82) is 0 Å². The predicted molar refractivity (Wildman–Crippen MR) is 209 cm³/mol. The maximum atomic E-state index is 6.60. The lowest BCUT2D eigenvalue weighted by atomic mass is 9.66. The smallest absolute Gasteiger partial charge is 0.132 e. The van der Waals surface area contributed by atoms with Gasteiger partial charge in [0.05, 0.1) is 16.8 Å². The summed E-state index contributed by atoms with van der Waals surface area (Å²) in [6, 6.07) is 72.0. The Bertz CT molecular complexity index is 2510. The molecule has 0 unspecified atom stereocenters. The van der Waals surface area contributed by atoms with Crippen LogP contribution in [0.2, 0.25) is 0 Å². The summed E-state index contributed by atoms with van der Waals surface area (Å²) in [6.07, 6.45) is 0. The van der Waals surface area contributed by atoms with Gasteiger partial charge in [0.1, 0.15) is 11.5 Å². The van der Waals surface area contributed by atoms with Crippen LogP contribution in [0.1, 0.15) is 22.3 Å². The van der Waals surface area contributed by atoms with Crippen LogP contribution in [0.5, 0.6) is 11.5 Å². The number of fused-ring (bicyclic) bond motifs is 9. The minimum Gasteiger partial charge on any atom is -0.457 e. The van der Waals surface area contributed by atoms with Crippen LogP contribution in [-0.4, -0.2) is 0 Å². The van der Waals surface area contributed by atoms with Gasteiger partial charge < -0.3 is 9.64 Å². The average molecular weight is 652 g/mol. The second-order valence-electron chi connectivity index (χ2n) is 13.2. The van der Waals surface area contributed by atoms with Crippen molar-refractivity contribution in [1.82, 2.24) is 0 Å². The molecule has 1 heterocycles. The minimum atomic E-state index is -0.539. The maximum Gasteiger partial charge on any atom is 0.132 e. The van der Waals surface area contributed by atoms with Gasteiger partial charge in [-0.15, -0.1) is 0 Å². The standard InChI is InChI=1S/C49H33NO/c1-3-16-34(17-4-1)35-30-32-36(33-31-35)38-20-8-12-26-44(38)50(37-18-5-2-6-19-37)45-27-15-25-43-48(45)39-21-7-9-22-40(39)49(43)41-23-10-13-28-46(41)51-47-29-14-11-24-42(47)49/h1-33H. The fraction of sp³-hybridized carbons (Fsp3) is 0.0204. The molecular weight excluding hydrogens is 619 g/mol. The Kier molecular flexibility index (Phi) is 6.75. The molecule has 0 N–H and O–H groups in total. The van der Waals surface area contributed by atoms with Gasteiger partial charge in [-0.25, -0.2) is 0 Å². The van der Waals surface area contributed by atoms with Crippen molar-refractivity contribution in [3.63, 3.8) is 0 Å². The van der Waals surface area contributed by atoms with Crippen LogP contribution in [-0.2, 0) is 5.41 Å². The Hall–Kier alpha value is -6.64. The molecule has 2 nitrogen and oxygen atoms in total. The third kappa shape index (κ3) is 4.43. The number of anilines is 3. The molecule has 0 radical (unpaired) electrons. The van der Waals surface area contributed by atoms with Crippen molar-refractivity contribution in [3.8, 4) is 44.9 Å². The quantitative estimate of drug-likeness (QED) is 0.184. The van der Waals surface area contributed by atoms with E-state index in [-0.39, 0.29) is 0 Å². The fourth-order valence-corrected chi connectivity index (χ4v) is 8.44. The van der Waals surface area contributed by atoms with Gasteiger partial charge in [-0.3, -0.25) is 0 Å². The molecular formula is C49H33NO. The maximum absolute atomic E-state index is 6.60. The summed E-state index contributed by atoms with van der Waals surface area (Å²) in [5.41, 5.74) is 14.9. The van der Waals surface area contributed by atoms with Crippen LogP contribution in [0, 0.1) is 0 Å². The third-order valence-electron chi connectivity index (χ3n) is 10.6. The Morgan fingerprint density at radius 2 is 0.824 bits per heavy atom. The summed E-state index contributed by atoms with van der Waals surface area (Å²) in [4.78, 5) is 2.45. The van der Waals surface area contributed by atoms with E-state index in [0.717, 1.165) is 39.7 Å². The normalized spacial score (nSPS) is 13.0. The molecule has 0 bridgehead atoms. The Morgan fingerprint density at radius 1 is 0.333 bits per heavy atom. The molecule has 2 heteroatoms. The van der Waals surface area contributed by atoms with Crippen molar-refractivity contribution in [2.24, 2.45) is 0 Å². The molecule has 240 valence electrons. The minimum absolute atomic E-state index is 0.539. The molecule has 1 aliphatic carbocycles. The van der Waals surface area contributed by atoms with Crippen LogP contribution in [0.15, 0.2) is 200 Å². The second-order valence-corrected chi connectivity index (χ2v) is 13.2. The van der Waals surface area contributed by atoms with Crippen LogP contribution in [0.25, 0.3) is 33.4 Å². The van der Waals surface area contributed by atoms with E-state index in [1.807, 2.05) is 0 Å². The van der Waals surface area contributed by atoms with Crippen molar-refractivity contribution in [3.05, 3.63) is 222 Å². The number of para-hydroxylation sites is 4. The van der Waals surface area contributed by atoms with E-state index >= 15 is 0 Å². The highest BCUT2D eigenvalue weighted by atomic mass is 16.5. The second kappa shape index (κ2) is 11.8. The lowest BCUT2D eigenvalue weighted by Gasteiger charge is -2.39. The fourth-order valence-electron chi connectivity index (χ4n) is 8.44. The van der Waals surface area contributed by atoms with Gasteiger partial charge >= 0.3 is 0 Å². The van der Waals surface area contributed by atoms with Crippen molar-refractivity contribution >= 4 is 17.1 Å². The lowest BCUT2D eigenvalue weighted by Crippen LogP contribution is -2.32. The van der Waals surface area contributed by atoms with Crippen LogP contribution < -0.4 is 9.64 Å². The molecule has 10 rings (SSSR count). The number of hydrogen-bond donors (Lipinski definition) is 0. The van der Waals surface area contributed by atoms with Gasteiger partial charge in [0, 0.05) is 27.9 Å². The summed E-state index contributed by atoms with van der Waals surface area (Å²) < 4.78 is 6.60. The van der Waals surface area contributed by atoms with Crippen molar-refractivity contribution in [2.75, 3.05) is 4.90 Å². The zero-order valence-corrected chi connectivity index (χ0v) is 27.9. The van der Waals surface area contributed by atoms with E-state index in [0.29, 0.717) is 0 Å². The summed E-state index contributed by atoms with van der Waals surface area (Å²) in [7, 11) is 0. The van der Waals surface area contributed by atoms with Gasteiger partial charge in [-0.05, 0) is 69.8 Å². The summed E-state index contributed by atoms with van der Waals surface area (Å²) in [5.74, 6) is 1.79. The van der Waals surface area contributed by atoms with Gasteiger partial charge in [0.15, 0.2) is 0 Å². The molecule has 2 aliphatic rings. The van der Waals surface area contributed by atoms with Crippen molar-refractivity contribution < 1.29 is 4.74 Å².